The molecule has 2 fully saturated rings. The Balaban J connectivity index is 1.06. The smallest absolute Gasteiger partial charge is 0.284 e. The van der Waals surface area contributed by atoms with Gasteiger partial charge in [-0.1, -0.05) is 18.2 Å². The van der Waals surface area contributed by atoms with E-state index in [4.69, 9.17) is 14.8 Å². The number of benzene rings is 1. The normalized spacial score (nSPS) is 17.0. The first-order valence-electron chi connectivity index (χ1n) is 14.4. The molecule has 12 nitrogen and oxygen atoms in total. The Bertz CT molecular complexity index is 1850. The number of hydrogen-bond donors (Lipinski definition) is 1. The Kier molecular flexibility index (Phi) is 6.69. The summed E-state index contributed by atoms with van der Waals surface area (Å²) in [6, 6.07) is 17.2. The molecule has 12 heteroatoms. The molecule has 0 aliphatic carbocycles. The molecule has 1 aromatic carbocycles. The van der Waals surface area contributed by atoms with Crippen molar-refractivity contribution in [3.05, 3.63) is 88.6 Å². The molecule has 4 aromatic heterocycles. The fourth-order valence-electron chi connectivity index (χ4n) is 5.90. The third-order valence-electron chi connectivity index (χ3n) is 8.53. The van der Waals surface area contributed by atoms with Crippen LogP contribution in [0.5, 0.6) is 0 Å². The topological polar surface area (TPSA) is 115 Å². The van der Waals surface area contributed by atoms with Crippen molar-refractivity contribution in [1.82, 2.24) is 34.3 Å². The van der Waals surface area contributed by atoms with Crippen LogP contribution in [0.1, 0.15) is 22.5 Å². The van der Waals surface area contributed by atoms with Crippen molar-refractivity contribution in [2.75, 3.05) is 43.1 Å². The van der Waals surface area contributed by atoms with Gasteiger partial charge in [-0.05, 0) is 49.7 Å². The predicted octanol–water partition coefficient (Wildman–Crippen LogP) is 2.43. The van der Waals surface area contributed by atoms with Gasteiger partial charge in [0, 0.05) is 46.4 Å². The van der Waals surface area contributed by atoms with E-state index >= 15 is 0 Å². The van der Waals surface area contributed by atoms with Gasteiger partial charge in [0.15, 0.2) is 5.65 Å². The summed E-state index contributed by atoms with van der Waals surface area (Å²) in [7, 11) is 3.53. The summed E-state index contributed by atoms with van der Waals surface area (Å²) in [6.07, 6.45) is 4.68. The number of hydrogen-bond acceptors (Lipinski definition) is 8. The van der Waals surface area contributed by atoms with Crippen LogP contribution < -0.4 is 20.7 Å². The summed E-state index contributed by atoms with van der Waals surface area (Å²) in [5, 5.41) is 7.98. The lowest BCUT2D eigenvalue weighted by Gasteiger charge is -2.39. The van der Waals surface area contributed by atoms with Crippen LogP contribution in [0.15, 0.2) is 71.8 Å². The molecule has 1 atom stereocenters. The van der Waals surface area contributed by atoms with Gasteiger partial charge in [0.2, 0.25) is 0 Å². The molecule has 2 aliphatic heterocycles. The van der Waals surface area contributed by atoms with Crippen molar-refractivity contribution in [1.29, 1.82) is 0 Å². The Morgan fingerprint density at radius 1 is 0.953 bits per heavy atom. The van der Waals surface area contributed by atoms with Crippen LogP contribution in [0, 0.1) is 6.92 Å². The van der Waals surface area contributed by atoms with Crippen molar-refractivity contribution in [2.45, 2.75) is 25.5 Å². The second-order valence-electron chi connectivity index (χ2n) is 11.1. The number of nitrogens with one attached hydrogen (secondary N) is 1. The van der Waals surface area contributed by atoms with E-state index in [2.05, 4.69) is 26.2 Å². The van der Waals surface area contributed by atoms with Gasteiger partial charge in [0.25, 0.3) is 11.5 Å². The summed E-state index contributed by atoms with van der Waals surface area (Å²) in [6.45, 7) is 4.83. The van der Waals surface area contributed by atoms with Gasteiger partial charge in [0.05, 0.1) is 41.3 Å². The summed E-state index contributed by atoms with van der Waals surface area (Å²) >= 11 is 0. The third kappa shape index (κ3) is 4.73. The number of aromatic nitrogens is 6. The lowest BCUT2D eigenvalue weighted by atomic mass is 10.1. The number of methoxy groups -OCH3 is 1. The molecule has 6 heterocycles. The fourth-order valence-corrected chi connectivity index (χ4v) is 5.90. The number of carbonyl (C=O) groups is 1. The minimum Gasteiger partial charge on any atom is -0.378 e. The Morgan fingerprint density at radius 3 is 2.51 bits per heavy atom. The third-order valence-corrected chi connectivity index (χ3v) is 8.53. The summed E-state index contributed by atoms with van der Waals surface area (Å²) in [4.78, 5) is 40.2. The van der Waals surface area contributed by atoms with Crippen molar-refractivity contribution >= 4 is 23.1 Å². The summed E-state index contributed by atoms with van der Waals surface area (Å²) < 4.78 is 10.4. The molecule has 0 saturated carbocycles. The summed E-state index contributed by atoms with van der Waals surface area (Å²) in [5.74, 6) is 0.430. The lowest BCUT2D eigenvalue weighted by Crippen LogP contribution is -2.51. The van der Waals surface area contributed by atoms with Crippen LogP contribution in [0.4, 0.5) is 11.5 Å². The lowest BCUT2D eigenvalue weighted by molar-refractivity contribution is 0.0787. The van der Waals surface area contributed by atoms with Crippen LogP contribution in [0.2, 0.25) is 0 Å². The number of para-hydroxylation sites is 1. The maximum atomic E-state index is 13.3. The number of rotatable bonds is 7. The molecule has 0 bridgehead atoms. The molecular formula is C31H33N9O3. The first kappa shape index (κ1) is 26.9. The summed E-state index contributed by atoms with van der Waals surface area (Å²) in [5.41, 5.74) is 4.56. The maximum absolute atomic E-state index is 13.3. The first-order chi connectivity index (χ1) is 20.9. The number of imidazole rings is 1. The monoisotopic (exact) mass is 579 g/mol. The number of nitrogens with zero attached hydrogens (tertiary/aromatic N) is 8. The van der Waals surface area contributed by atoms with E-state index in [1.165, 1.54) is 4.68 Å². The van der Waals surface area contributed by atoms with Gasteiger partial charge >= 0.3 is 0 Å². The second kappa shape index (κ2) is 10.7. The second-order valence-corrected chi connectivity index (χ2v) is 11.1. The molecule has 220 valence electrons. The largest absolute Gasteiger partial charge is 0.378 e. The van der Waals surface area contributed by atoms with Gasteiger partial charge in [-0.2, -0.15) is 0 Å². The molecular weight excluding hydrogens is 546 g/mol. The van der Waals surface area contributed by atoms with Crippen LogP contribution in [-0.2, 0) is 11.8 Å². The number of fused-ring (bicyclic) bond motifs is 1. The highest BCUT2D eigenvalue weighted by Crippen LogP contribution is 2.26. The highest BCUT2D eigenvalue weighted by molar-refractivity contribution is 5.95. The van der Waals surface area contributed by atoms with E-state index in [1.54, 1.807) is 32.0 Å². The number of pyridine rings is 1. The zero-order valence-corrected chi connectivity index (χ0v) is 24.3. The van der Waals surface area contributed by atoms with Crippen molar-refractivity contribution in [2.24, 2.45) is 7.05 Å². The van der Waals surface area contributed by atoms with Crippen LogP contribution in [-0.4, -0.2) is 80.3 Å². The highest BCUT2D eigenvalue weighted by Gasteiger charge is 2.29. The van der Waals surface area contributed by atoms with Gasteiger partial charge < -0.3 is 19.9 Å². The standard InChI is InChI=1S/C31H33N9O3/c1-20-29(31(42)40(36(20)2)22-7-5-4-6-8-22)30(41)34-21-13-14-37(17-21)28-12-11-27-33-16-26(39(27)35-28)25-10-9-23(15-32-25)38-18-24(19-38)43-3/h4-12,15-16,21,24H,13-14,17-19H2,1-3H3,(H,34,41)/t21-/m0/s1. The van der Waals surface area contributed by atoms with E-state index in [1.807, 2.05) is 59.2 Å². The van der Waals surface area contributed by atoms with Crippen LogP contribution in [0.25, 0.3) is 22.7 Å². The molecule has 43 heavy (non-hydrogen) atoms. The first-order valence-corrected chi connectivity index (χ1v) is 14.4. The van der Waals surface area contributed by atoms with Gasteiger partial charge in [-0.25, -0.2) is 14.2 Å². The van der Waals surface area contributed by atoms with Crippen molar-refractivity contribution < 1.29 is 9.53 Å². The fraction of sp³-hybridized carbons (Fsp3) is 0.323. The van der Waals surface area contributed by atoms with E-state index in [0.717, 1.165) is 54.6 Å². The number of ether oxygens (including phenoxy) is 1. The SMILES string of the molecule is COC1CN(c2ccc(-c3cnc4ccc(N5CC[C@H](NC(=O)c6c(C)n(C)n(-c7ccccc7)c6=O)C5)nn34)nc2)C1. The van der Waals surface area contributed by atoms with E-state index in [9.17, 15) is 9.59 Å². The minimum absolute atomic E-state index is 0.121. The molecule has 0 spiro atoms. The maximum Gasteiger partial charge on any atom is 0.284 e. The van der Waals surface area contributed by atoms with Crippen LogP contribution in [0.3, 0.4) is 0 Å². The van der Waals surface area contributed by atoms with Crippen LogP contribution >= 0.6 is 0 Å². The minimum atomic E-state index is -0.356. The predicted molar refractivity (Wildman–Crippen MR) is 163 cm³/mol. The molecule has 7 rings (SSSR count). The zero-order valence-electron chi connectivity index (χ0n) is 24.3. The number of anilines is 2. The van der Waals surface area contributed by atoms with E-state index in [-0.39, 0.29) is 29.2 Å². The average molecular weight is 580 g/mol. The Hall–Kier alpha value is -4.97. The average Bonchev–Trinajstić information content (AvgIpc) is 3.69. The molecule has 1 N–H and O–H groups in total. The Labute approximate surface area is 248 Å². The van der Waals surface area contributed by atoms with E-state index < -0.39 is 0 Å². The molecule has 0 unspecified atom stereocenters. The molecule has 0 radical (unpaired) electrons. The molecule has 5 aromatic rings. The number of carbonyl (C=O) groups excluding carboxylic acids is 1. The van der Waals surface area contributed by atoms with Gasteiger partial charge in [-0.3, -0.25) is 19.3 Å². The van der Waals surface area contributed by atoms with E-state index in [0.29, 0.717) is 17.9 Å². The number of amides is 1. The Morgan fingerprint density at radius 2 is 1.77 bits per heavy atom. The zero-order chi connectivity index (χ0) is 29.7. The van der Waals surface area contributed by atoms with Gasteiger partial charge in [0.1, 0.15) is 17.1 Å². The highest BCUT2D eigenvalue weighted by atomic mass is 16.5. The quantitative estimate of drug-likeness (QED) is 0.313. The molecule has 1 amide bonds. The van der Waals surface area contributed by atoms with Gasteiger partial charge in [-0.15, -0.1) is 5.10 Å². The van der Waals surface area contributed by atoms with Crippen molar-refractivity contribution in [3.8, 4) is 17.1 Å². The molecule has 2 aliphatic rings. The van der Waals surface area contributed by atoms with Crippen molar-refractivity contribution in [3.63, 3.8) is 0 Å². The molecule has 2 saturated heterocycles.